The Hall–Kier alpha value is -3.02. The minimum atomic E-state index is -3.85. The zero-order valence-corrected chi connectivity index (χ0v) is 16.7. The highest BCUT2D eigenvalue weighted by Crippen LogP contribution is 2.33. The Kier molecular flexibility index (Phi) is 6.65. The Balaban J connectivity index is 1.73. The van der Waals surface area contributed by atoms with Gasteiger partial charge in [0.15, 0.2) is 18.2 Å². The lowest BCUT2D eigenvalue weighted by molar-refractivity contribution is -0.196. The second kappa shape index (κ2) is 9.20. The van der Waals surface area contributed by atoms with Crippen LogP contribution in [0.25, 0.3) is 11.1 Å². The largest absolute Gasteiger partial charge is 0.483 e. The lowest BCUT2D eigenvalue weighted by Gasteiger charge is -2.19. The molecule has 0 spiro atoms. The fraction of sp³-hybridized carbons (Fsp3) is 0.250. The van der Waals surface area contributed by atoms with Gasteiger partial charge < -0.3 is 9.47 Å². The number of benzene rings is 3. The molecule has 0 radical (unpaired) electrons. The molecule has 0 fully saturated rings. The Morgan fingerprint density at radius 2 is 1.50 bits per heavy atom. The number of hydrogen-bond acceptors (Lipinski definition) is 2. The van der Waals surface area contributed by atoms with E-state index in [1.807, 2.05) is 26.0 Å². The predicted octanol–water partition coefficient (Wildman–Crippen LogP) is 6.94. The maximum Gasteiger partial charge on any atom is 0.433 e. The molecule has 30 heavy (non-hydrogen) atoms. The van der Waals surface area contributed by atoms with E-state index in [2.05, 4.69) is 4.74 Å². The normalized spacial score (nSPS) is 11.4. The predicted molar refractivity (Wildman–Crippen MR) is 108 cm³/mol. The van der Waals surface area contributed by atoms with Crippen molar-refractivity contribution < 1.29 is 27.0 Å². The summed E-state index contributed by atoms with van der Waals surface area (Å²) in [4.78, 5) is 0. The third-order valence-electron chi connectivity index (χ3n) is 4.54. The minimum Gasteiger partial charge on any atom is -0.483 e. The fourth-order valence-electron chi connectivity index (χ4n) is 2.97. The van der Waals surface area contributed by atoms with Gasteiger partial charge in [0.05, 0.1) is 0 Å². The molecule has 0 saturated heterocycles. The molecule has 0 atom stereocenters. The van der Waals surface area contributed by atoms with Crippen LogP contribution in [0.5, 0.6) is 11.5 Å². The van der Waals surface area contributed by atoms with Crippen LogP contribution in [-0.2, 0) is 6.42 Å². The molecule has 0 N–H and O–H groups in total. The molecular formula is C24H22F4O2. The second-order valence-corrected chi connectivity index (χ2v) is 7.03. The third kappa shape index (κ3) is 5.32. The molecule has 3 aromatic rings. The van der Waals surface area contributed by atoms with Crippen molar-refractivity contribution in [2.45, 2.75) is 32.8 Å². The molecule has 0 aromatic heterocycles. The van der Waals surface area contributed by atoms with Crippen molar-refractivity contribution in [3.63, 3.8) is 0 Å². The van der Waals surface area contributed by atoms with E-state index >= 15 is 0 Å². The maximum atomic E-state index is 14.5. The van der Waals surface area contributed by atoms with Crippen LogP contribution in [0.15, 0.2) is 60.7 Å². The number of rotatable bonds is 8. The van der Waals surface area contributed by atoms with E-state index in [1.165, 1.54) is 18.2 Å². The first-order valence-corrected chi connectivity index (χ1v) is 9.62. The Labute approximate surface area is 173 Å². The molecule has 0 aliphatic carbocycles. The summed E-state index contributed by atoms with van der Waals surface area (Å²) in [6.45, 7) is 2.75. The third-order valence-corrected chi connectivity index (χ3v) is 4.54. The molecule has 0 amide bonds. The van der Waals surface area contributed by atoms with Gasteiger partial charge in [0.2, 0.25) is 5.82 Å². The van der Waals surface area contributed by atoms with Gasteiger partial charge in [-0.15, -0.1) is 0 Å². The molecule has 0 bridgehead atoms. The number of alkyl halides is 2. The number of ether oxygens (including phenoxy) is 2. The molecule has 2 nitrogen and oxygen atoms in total. The summed E-state index contributed by atoms with van der Waals surface area (Å²) in [5, 5.41) is 0. The van der Waals surface area contributed by atoms with Crippen LogP contribution >= 0.6 is 0 Å². The molecule has 6 heteroatoms. The Morgan fingerprint density at radius 3 is 2.13 bits per heavy atom. The van der Waals surface area contributed by atoms with Crippen molar-refractivity contribution in [1.29, 1.82) is 0 Å². The summed E-state index contributed by atoms with van der Waals surface area (Å²) in [7, 11) is 0. The van der Waals surface area contributed by atoms with E-state index < -0.39 is 30.1 Å². The zero-order chi connectivity index (χ0) is 21.7. The summed E-state index contributed by atoms with van der Waals surface area (Å²) >= 11 is 0. The van der Waals surface area contributed by atoms with Crippen LogP contribution in [0.1, 0.15) is 24.5 Å². The van der Waals surface area contributed by atoms with Crippen molar-refractivity contribution in [3.05, 3.63) is 83.4 Å². The van der Waals surface area contributed by atoms with Crippen LogP contribution in [0.3, 0.4) is 0 Å². The molecule has 0 saturated carbocycles. The monoisotopic (exact) mass is 418 g/mol. The van der Waals surface area contributed by atoms with E-state index in [0.717, 1.165) is 30.0 Å². The van der Waals surface area contributed by atoms with E-state index in [-0.39, 0.29) is 11.3 Å². The number of halogens is 4. The van der Waals surface area contributed by atoms with Crippen molar-refractivity contribution in [2.75, 3.05) is 6.61 Å². The van der Waals surface area contributed by atoms with Gasteiger partial charge in [-0.25, -0.2) is 4.39 Å². The first-order valence-electron chi connectivity index (χ1n) is 9.62. The highest BCUT2D eigenvalue weighted by atomic mass is 19.3. The molecule has 0 aliphatic rings. The molecule has 158 valence electrons. The van der Waals surface area contributed by atoms with Crippen molar-refractivity contribution in [2.24, 2.45) is 0 Å². The fourth-order valence-corrected chi connectivity index (χ4v) is 2.97. The smallest absolute Gasteiger partial charge is 0.433 e. The number of hydrogen-bond donors (Lipinski definition) is 0. The Bertz CT molecular complexity index is 983. The zero-order valence-electron chi connectivity index (χ0n) is 16.7. The topological polar surface area (TPSA) is 18.5 Å². The minimum absolute atomic E-state index is 0.0258. The lowest BCUT2D eigenvalue weighted by atomic mass is 10.0. The summed E-state index contributed by atoms with van der Waals surface area (Å²) in [5.41, 5.74) is 2.45. The average molecular weight is 418 g/mol. The van der Waals surface area contributed by atoms with Crippen LogP contribution in [0.2, 0.25) is 0 Å². The van der Waals surface area contributed by atoms with Gasteiger partial charge in [0.1, 0.15) is 5.75 Å². The molecule has 3 aromatic carbocycles. The van der Waals surface area contributed by atoms with Gasteiger partial charge in [-0.3, -0.25) is 0 Å². The van der Waals surface area contributed by atoms with Crippen molar-refractivity contribution in [1.82, 2.24) is 0 Å². The highest BCUT2D eigenvalue weighted by molar-refractivity contribution is 5.65. The van der Waals surface area contributed by atoms with Crippen LogP contribution in [-0.4, -0.2) is 12.7 Å². The summed E-state index contributed by atoms with van der Waals surface area (Å²) < 4.78 is 66.5. The maximum absolute atomic E-state index is 14.5. The van der Waals surface area contributed by atoms with Gasteiger partial charge >= 0.3 is 6.11 Å². The van der Waals surface area contributed by atoms with Crippen LogP contribution < -0.4 is 9.47 Å². The van der Waals surface area contributed by atoms with Crippen molar-refractivity contribution in [3.8, 4) is 22.6 Å². The van der Waals surface area contributed by atoms with Crippen LogP contribution in [0.4, 0.5) is 17.6 Å². The molecule has 0 heterocycles. The lowest BCUT2D eigenvalue weighted by Crippen LogP contribution is -2.33. The summed E-state index contributed by atoms with van der Waals surface area (Å²) in [6.07, 6.45) is -2.00. The van der Waals surface area contributed by atoms with Gasteiger partial charge in [-0.05, 0) is 48.7 Å². The second-order valence-electron chi connectivity index (χ2n) is 7.03. The van der Waals surface area contributed by atoms with Crippen molar-refractivity contribution >= 4 is 0 Å². The van der Waals surface area contributed by atoms with E-state index in [9.17, 15) is 17.6 Å². The standard InChI is InChI=1S/C24H22F4O2/c1-3-4-17-7-9-18(10-8-17)20-13-14-21(23(26)22(20)25)30-24(27,28)15-29-19-11-5-16(2)6-12-19/h5-14H,3-4,15H2,1-2H3. The summed E-state index contributed by atoms with van der Waals surface area (Å²) in [5.74, 6) is -3.38. The van der Waals surface area contributed by atoms with E-state index in [4.69, 9.17) is 4.74 Å². The molecule has 3 rings (SSSR count). The highest BCUT2D eigenvalue weighted by Gasteiger charge is 2.35. The molecule has 0 unspecified atom stereocenters. The molecular weight excluding hydrogens is 396 g/mol. The van der Waals surface area contributed by atoms with Gasteiger partial charge in [-0.1, -0.05) is 55.3 Å². The van der Waals surface area contributed by atoms with Gasteiger partial charge in [0, 0.05) is 5.56 Å². The Morgan fingerprint density at radius 1 is 0.833 bits per heavy atom. The molecule has 0 aliphatic heterocycles. The average Bonchev–Trinajstić information content (AvgIpc) is 2.72. The number of aryl methyl sites for hydroxylation is 2. The van der Waals surface area contributed by atoms with E-state index in [0.29, 0.717) is 5.56 Å². The SMILES string of the molecule is CCCc1ccc(-c2ccc(OC(F)(F)COc3ccc(C)cc3)c(F)c2F)cc1. The quantitative estimate of drug-likeness (QED) is 0.369. The first-order chi connectivity index (χ1) is 14.3. The first kappa shape index (κ1) is 21.7. The van der Waals surface area contributed by atoms with Gasteiger partial charge in [0.25, 0.3) is 0 Å². The van der Waals surface area contributed by atoms with E-state index in [1.54, 1.807) is 24.3 Å². The van der Waals surface area contributed by atoms with Gasteiger partial charge in [-0.2, -0.15) is 13.2 Å². The summed E-state index contributed by atoms with van der Waals surface area (Å²) in [6, 6.07) is 15.7. The van der Waals surface area contributed by atoms with Crippen LogP contribution in [0, 0.1) is 18.6 Å².